The van der Waals surface area contributed by atoms with Crippen LogP contribution in [0.2, 0.25) is 0 Å². The quantitative estimate of drug-likeness (QED) is 0.264. The predicted octanol–water partition coefficient (Wildman–Crippen LogP) is 4.49. The van der Waals surface area contributed by atoms with Crippen LogP contribution in [0.15, 0.2) is 66.7 Å². The van der Waals surface area contributed by atoms with Crippen LogP contribution in [0.5, 0.6) is 17.2 Å². The summed E-state index contributed by atoms with van der Waals surface area (Å²) in [4.78, 5) is 25.8. The molecule has 1 fully saturated rings. The summed E-state index contributed by atoms with van der Waals surface area (Å²) in [5.41, 5.74) is 2.54. The minimum atomic E-state index is -0.756. The van der Waals surface area contributed by atoms with Crippen molar-refractivity contribution >= 4 is 11.6 Å². The van der Waals surface area contributed by atoms with Gasteiger partial charge in [0.05, 0.1) is 19.1 Å². The van der Waals surface area contributed by atoms with Crippen molar-refractivity contribution in [3.8, 4) is 17.2 Å². The van der Waals surface area contributed by atoms with Gasteiger partial charge < -0.3 is 19.1 Å². The molecule has 2 atom stereocenters. The van der Waals surface area contributed by atoms with E-state index < -0.39 is 17.1 Å². The first-order chi connectivity index (χ1) is 16.4. The van der Waals surface area contributed by atoms with Crippen molar-refractivity contribution in [1.29, 1.82) is 0 Å². The number of nitro benzene ring substituents is 1. The zero-order valence-electron chi connectivity index (χ0n) is 19.3. The second-order valence-corrected chi connectivity index (χ2v) is 8.07. The van der Waals surface area contributed by atoms with Gasteiger partial charge in [-0.15, -0.1) is 0 Å². The molecule has 0 bridgehead atoms. The third kappa shape index (κ3) is 4.52. The lowest BCUT2D eigenvalue weighted by Crippen LogP contribution is -2.61. The standard InChI is InChI=1S/C26H26N2O6/c1-17-7-4-5-10-21(17)34-25-24(19-8-6-9-20(16-19)28(30)31)27(26(25)29)14-13-18-11-12-22(32-2)23(15-18)33-3/h4-12,15-16,24-25H,13-14H2,1-3H3/t24-,25+/m1/s1. The number of methoxy groups -OCH3 is 2. The van der Waals surface area contributed by atoms with Crippen LogP contribution in [0.1, 0.15) is 22.7 Å². The van der Waals surface area contributed by atoms with Crippen molar-refractivity contribution in [2.75, 3.05) is 20.8 Å². The van der Waals surface area contributed by atoms with Gasteiger partial charge in [0, 0.05) is 18.7 Å². The minimum Gasteiger partial charge on any atom is -0.493 e. The molecule has 0 saturated carbocycles. The number of nitrogens with zero attached hydrogens (tertiary/aromatic N) is 2. The van der Waals surface area contributed by atoms with E-state index in [2.05, 4.69) is 0 Å². The summed E-state index contributed by atoms with van der Waals surface area (Å²) in [6, 6.07) is 19.1. The normalized spacial score (nSPS) is 17.1. The van der Waals surface area contributed by atoms with Crippen LogP contribution in [0.25, 0.3) is 0 Å². The molecule has 8 nitrogen and oxygen atoms in total. The molecule has 0 N–H and O–H groups in total. The number of non-ortho nitro benzene ring substituents is 1. The lowest BCUT2D eigenvalue weighted by Gasteiger charge is -2.47. The second kappa shape index (κ2) is 9.82. The van der Waals surface area contributed by atoms with E-state index >= 15 is 0 Å². The Bertz CT molecular complexity index is 1210. The van der Waals surface area contributed by atoms with Crippen molar-refractivity contribution in [3.05, 3.63) is 93.5 Å². The number of carbonyl (C=O) groups excluding carboxylic acids is 1. The fourth-order valence-electron chi connectivity index (χ4n) is 4.17. The van der Waals surface area contributed by atoms with Crippen LogP contribution < -0.4 is 14.2 Å². The van der Waals surface area contributed by atoms with Crippen molar-refractivity contribution < 1.29 is 23.9 Å². The minimum absolute atomic E-state index is 0.0219. The van der Waals surface area contributed by atoms with Crippen LogP contribution in [0, 0.1) is 17.0 Å². The van der Waals surface area contributed by atoms with Crippen molar-refractivity contribution in [1.82, 2.24) is 4.90 Å². The zero-order valence-corrected chi connectivity index (χ0v) is 19.3. The number of nitro groups is 1. The highest BCUT2D eigenvalue weighted by Crippen LogP contribution is 2.39. The maximum absolute atomic E-state index is 13.1. The molecule has 0 aromatic heterocycles. The Hall–Kier alpha value is -4.07. The molecule has 1 amide bonds. The Balaban J connectivity index is 1.59. The van der Waals surface area contributed by atoms with Crippen LogP contribution in [0.3, 0.4) is 0 Å². The highest BCUT2D eigenvalue weighted by atomic mass is 16.6. The van der Waals surface area contributed by atoms with E-state index in [0.717, 1.165) is 11.1 Å². The van der Waals surface area contributed by atoms with Crippen LogP contribution >= 0.6 is 0 Å². The van der Waals surface area contributed by atoms with E-state index in [1.54, 1.807) is 31.3 Å². The molecule has 0 aliphatic carbocycles. The number of carbonyl (C=O) groups is 1. The summed E-state index contributed by atoms with van der Waals surface area (Å²) in [5, 5.41) is 11.3. The lowest BCUT2D eigenvalue weighted by molar-refractivity contribution is -0.385. The molecule has 0 spiro atoms. The molecule has 0 unspecified atom stereocenters. The number of para-hydroxylation sites is 1. The highest BCUT2D eigenvalue weighted by molar-refractivity contribution is 5.89. The highest BCUT2D eigenvalue weighted by Gasteiger charge is 2.50. The van der Waals surface area contributed by atoms with Crippen molar-refractivity contribution in [2.24, 2.45) is 0 Å². The molecule has 3 aromatic carbocycles. The van der Waals surface area contributed by atoms with Gasteiger partial charge in [0.15, 0.2) is 11.5 Å². The topological polar surface area (TPSA) is 91.1 Å². The Kier molecular flexibility index (Phi) is 6.67. The number of ether oxygens (including phenoxy) is 3. The SMILES string of the molecule is COc1ccc(CCN2C(=O)[C@@H](Oc3ccccc3C)[C@H]2c2cccc([N+](=O)[O-])c2)cc1OC. The molecule has 3 aromatic rings. The summed E-state index contributed by atoms with van der Waals surface area (Å²) in [7, 11) is 3.15. The predicted molar refractivity (Wildman–Crippen MR) is 126 cm³/mol. The van der Waals surface area contributed by atoms with Crippen molar-refractivity contribution in [3.63, 3.8) is 0 Å². The Morgan fingerprint density at radius 2 is 1.71 bits per heavy atom. The summed E-state index contributed by atoms with van der Waals surface area (Å²) in [5.74, 6) is 1.72. The molecular weight excluding hydrogens is 436 g/mol. The number of hydrogen-bond donors (Lipinski definition) is 0. The van der Waals surface area contributed by atoms with Gasteiger partial charge in [-0.25, -0.2) is 0 Å². The van der Waals surface area contributed by atoms with E-state index in [0.29, 0.717) is 35.8 Å². The first-order valence-electron chi connectivity index (χ1n) is 10.9. The Labute approximate surface area is 197 Å². The maximum atomic E-state index is 13.1. The van der Waals surface area contributed by atoms with E-state index in [1.165, 1.54) is 12.1 Å². The van der Waals surface area contributed by atoms with Gasteiger partial charge in [0.2, 0.25) is 6.10 Å². The number of β-lactam (4-membered cyclic amide) rings is 1. The molecular formula is C26H26N2O6. The molecule has 1 aliphatic rings. The van der Waals surface area contributed by atoms with Crippen LogP contribution in [0.4, 0.5) is 5.69 Å². The molecule has 176 valence electrons. The first-order valence-corrected chi connectivity index (χ1v) is 10.9. The zero-order chi connectivity index (χ0) is 24.2. The average Bonchev–Trinajstić information content (AvgIpc) is 2.85. The van der Waals surface area contributed by atoms with Gasteiger partial charge in [-0.05, 0) is 48.2 Å². The number of amides is 1. The molecule has 1 aliphatic heterocycles. The lowest BCUT2D eigenvalue weighted by atomic mass is 9.89. The smallest absolute Gasteiger partial charge is 0.269 e. The largest absolute Gasteiger partial charge is 0.493 e. The van der Waals surface area contributed by atoms with E-state index in [-0.39, 0.29) is 11.6 Å². The van der Waals surface area contributed by atoms with E-state index in [1.807, 2.05) is 49.4 Å². The number of hydrogen-bond acceptors (Lipinski definition) is 6. The van der Waals surface area contributed by atoms with Crippen LogP contribution in [-0.2, 0) is 11.2 Å². The molecule has 8 heteroatoms. The van der Waals surface area contributed by atoms with Gasteiger partial charge in [0.1, 0.15) is 11.8 Å². The summed E-state index contributed by atoms with van der Waals surface area (Å²) in [6.45, 7) is 2.34. The molecule has 1 saturated heterocycles. The summed E-state index contributed by atoms with van der Waals surface area (Å²) < 4.78 is 16.8. The van der Waals surface area contributed by atoms with E-state index in [9.17, 15) is 14.9 Å². The molecule has 34 heavy (non-hydrogen) atoms. The third-order valence-corrected chi connectivity index (χ3v) is 6.01. The van der Waals surface area contributed by atoms with Gasteiger partial charge in [-0.1, -0.05) is 36.4 Å². The molecule has 4 rings (SSSR count). The van der Waals surface area contributed by atoms with Crippen molar-refractivity contribution in [2.45, 2.75) is 25.5 Å². The first kappa shape index (κ1) is 23.1. The average molecular weight is 463 g/mol. The van der Waals surface area contributed by atoms with Crippen LogP contribution in [-0.4, -0.2) is 42.6 Å². The number of aryl methyl sites for hydroxylation is 1. The molecule has 1 heterocycles. The molecule has 0 radical (unpaired) electrons. The monoisotopic (exact) mass is 462 g/mol. The van der Waals surface area contributed by atoms with Gasteiger partial charge in [-0.2, -0.15) is 0 Å². The fourth-order valence-corrected chi connectivity index (χ4v) is 4.17. The summed E-state index contributed by atoms with van der Waals surface area (Å²) >= 11 is 0. The summed E-state index contributed by atoms with van der Waals surface area (Å²) in [6.07, 6.45) is -0.178. The van der Waals surface area contributed by atoms with E-state index in [4.69, 9.17) is 14.2 Å². The number of benzene rings is 3. The number of likely N-dealkylation sites (tertiary alicyclic amines) is 1. The van der Waals surface area contributed by atoms with Gasteiger partial charge in [0.25, 0.3) is 11.6 Å². The fraction of sp³-hybridized carbons (Fsp3) is 0.269. The maximum Gasteiger partial charge on any atom is 0.269 e. The Morgan fingerprint density at radius 1 is 0.941 bits per heavy atom. The number of rotatable bonds is 9. The van der Waals surface area contributed by atoms with Gasteiger partial charge in [-0.3, -0.25) is 14.9 Å². The third-order valence-electron chi connectivity index (χ3n) is 6.01. The second-order valence-electron chi connectivity index (χ2n) is 8.07. The Morgan fingerprint density at radius 3 is 2.41 bits per heavy atom. The van der Waals surface area contributed by atoms with Gasteiger partial charge >= 0.3 is 0 Å².